The van der Waals surface area contributed by atoms with E-state index in [0.717, 1.165) is 19.4 Å². The van der Waals surface area contributed by atoms with Gasteiger partial charge in [-0.1, -0.05) is 36.5 Å². The molecule has 114 valence electrons. The van der Waals surface area contributed by atoms with Crippen LogP contribution in [-0.4, -0.2) is 29.8 Å². The van der Waals surface area contributed by atoms with Crippen molar-refractivity contribution in [3.05, 3.63) is 28.2 Å². The van der Waals surface area contributed by atoms with E-state index >= 15 is 0 Å². The minimum Gasteiger partial charge on any atom is -0.342 e. The van der Waals surface area contributed by atoms with Crippen molar-refractivity contribution in [2.45, 2.75) is 26.2 Å². The highest BCUT2D eigenvalue weighted by Gasteiger charge is 2.33. The number of amides is 2. The van der Waals surface area contributed by atoms with Crippen LogP contribution in [0.3, 0.4) is 0 Å². The predicted octanol–water partition coefficient (Wildman–Crippen LogP) is 3.58. The van der Waals surface area contributed by atoms with Gasteiger partial charge in [0, 0.05) is 24.5 Å². The minimum atomic E-state index is -0.318. The summed E-state index contributed by atoms with van der Waals surface area (Å²) in [6.45, 7) is 3.28. The number of benzene rings is 1. The molecule has 1 aromatic carbocycles. The molecule has 1 aliphatic rings. The highest BCUT2D eigenvalue weighted by atomic mass is 35.5. The molecule has 2 rings (SSSR count). The number of halogens is 2. The predicted molar refractivity (Wildman–Crippen MR) is 84.7 cm³/mol. The SMILES string of the molecule is CCCCN1C[C@H](C(=O)Nc2ccc(Cl)cc2Cl)CC1=O. The van der Waals surface area contributed by atoms with Gasteiger partial charge in [0.1, 0.15) is 0 Å². The fraction of sp³-hybridized carbons (Fsp3) is 0.467. The largest absolute Gasteiger partial charge is 0.342 e. The van der Waals surface area contributed by atoms with E-state index in [2.05, 4.69) is 12.2 Å². The first-order chi connectivity index (χ1) is 10.0. The van der Waals surface area contributed by atoms with Gasteiger partial charge in [-0.25, -0.2) is 0 Å². The fourth-order valence-electron chi connectivity index (χ4n) is 2.34. The molecule has 1 fully saturated rings. The summed E-state index contributed by atoms with van der Waals surface area (Å²) in [4.78, 5) is 25.9. The molecule has 0 aliphatic carbocycles. The maximum absolute atomic E-state index is 12.2. The Hall–Kier alpha value is -1.26. The molecule has 0 bridgehead atoms. The van der Waals surface area contributed by atoms with Crippen LogP contribution in [0.5, 0.6) is 0 Å². The number of hydrogen-bond donors (Lipinski definition) is 1. The smallest absolute Gasteiger partial charge is 0.229 e. The summed E-state index contributed by atoms with van der Waals surface area (Å²) >= 11 is 11.8. The van der Waals surface area contributed by atoms with Crippen LogP contribution in [0.1, 0.15) is 26.2 Å². The van der Waals surface area contributed by atoms with Gasteiger partial charge in [0.2, 0.25) is 11.8 Å². The van der Waals surface area contributed by atoms with Crippen molar-refractivity contribution in [2.75, 3.05) is 18.4 Å². The second kappa shape index (κ2) is 7.14. The number of unbranched alkanes of at least 4 members (excludes halogenated alkanes) is 1. The van der Waals surface area contributed by atoms with E-state index in [9.17, 15) is 9.59 Å². The molecule has 0 radical (unpaired) electrons. The number of anilines is 1. The molecule has 0 saturated carbocycles. The maximum atomic E-state index is 12.2. The third kappa shape index (κ3) is 4.11. The molecule has 0 spiro atoms. The summed E-state index contributed by atoms with van der Waals surface area (Å²) in [5, 5.41) is 3.67. The molecule has 0 unspecified atom stereocenters. The zero-order chi connectivity index (χ0) is 15.4. The van der Waals surface area contributed by atoms with Crippen LogP contribution in [0.25, 0.3) is 0 Å². The van der Waals surface area contributed by atoms with Crippen molar-refractivity contribution in [1.82, 2.24) is 4.90 Å². The van der Waals surface area contributed by atoms with Crippen LogP contribution in [-0.2, 0) is 9.59 Å². The lowest BCUT2D eigenvalue weighted by molar-refractivity contribution is -0.128. The molecular weight excluding hydrogens is 311 g/mol. The highest BCUT2D eigenvalue weighted by molar-refractivity contribution is 6.36. The average Bonchev–Trinajstić information content (AvgIpc) is 2.81. The zero-order valence-electron chi connectivity index (χ0n) is 11.9. The second-order valence-corrected chi connectivity index (χ2v) is 6.05. The lowest BCUT2D eigenvalue weighted by Crippen LogP contribution is -2.29. The number of rotatable bonds is 5. The Morgan fingerprint density at radius 1 is 1.43 bits per heavy atom. The summed E-state index contributed by atoms with van der Waals surface area (Å²) in [7, 11) is 0. The first kappa shape index (κ1) is 16.1. The van der Waals surface area contributed by atoms with Crippen LogP contribution in [0.4, 0.5) is 5.69 Å². The second-order valence-electron chi connectivity index (χ2n) is 5.21. The molecule has 1 aromatic rings. The molecule has 1 atom stereocenters. The van der Waals surface area contributed by atoms with E-state index in [1.54, 1.807) is 23.1 Å². The van der Waals surface area contributed by atoms with Gasteiger partial charge in [0.05, 0.1) is 16.6 Å². The molecule has 4 nitrogen and oxygen atoms in total. The van der Waals surface area contributed by atoms with E-state index in [4.69, 9.17) is 23.2 Å². The van der Waals surface area contributed by atoms with Gasteiger partial charge in [-0.2, -0.15) is 0 Å². The maximum Gasteiger partial charge on any atom is 0.229 e. The monoisotopic (exact) mass is 328 g/mol. The Labute approximate surface area is 134 Å². The van der Waals surface area contributed by atoms with Gasteiger partial charge in [-0.15, -0.1) is 0 Å². The van der Waals surface area contributed by atoms with E-state index in [0.29, 0.717) is 22.3 Å². The van der Waals surface area contributed by atoms with E-state index in [1.165, 1.54) is 0 Å². The number of nitrogens with one attached hydrogen (secondary N) is 1. The molecule has 21 heavy (non-hydrogen) atoms. The molecule has 0 aromatic heterocycles. The van der Waals surface area contributed by atoms with E-state index in [-0.39, 0.29) is 24.2 Å². The molecule has 1 heterocycles. The third-order valence-corrected chi connectivity index (χ3v) is 4.10. The van der Waals surface area contributed by atoms with Crippen LogP contribution in [0, 0.1) is 5.92 Å². The number of nitrogens with zero attached hydrogens (tertiary/aromatic N) is 1. The minimum absolute atomic E-state index is 0.0470. The van der Waals surface area contributed by atoms with Crippen molar-refractivity contribution >= 4 is 40.7 Å². The van der Waals surface area contributed by atoms with Crippen LogP contribution in [0.2, 0.25) is 10.0 Å². The summed E-state index contributed by atoms with van der Waals surface area (Å²) in [6, 6.07) is 4.90. The van der Waals surface area contributed by atoms with Gasteiger partial charge in [0.15, 0.2) is 0 Å². The molecule has 1 saturated heterocycles. The molecule has 2 amide bonds. The van der Waals surface area contributed by atoms with E-state index < -0.39 is 0 Å². The number of carbonyl (C=O) groups is 2. The first-order valence-electron chi connectivity index (χ1n) is 7.05. The zero-order valence-corrected chi connectivity index (χ0v) is 13.4. The van der Waals surface area contributed by atoms with Gasteiger partial charge < -0.3 is 10.2 Å². The van der Waals surface area contributed by atoms with Gasteiger partial charge in [0.25, 0.3) is 0 Å². The normalized spacial score (nSPS) is 18.1. The molecule has 6 heteroatoms. The summed E-state index contributed by atoms with van der Waals surface area (Å²) in [5.74, 6) is -0.446. The quantitative estimate of drug-likeness (QED) is 0.898. The van der Waals surface area contributed by atoms with Crippen LogP contribution >= 0.6 is 23.2 Å². The van der Waals surface area contributed by atoms with Crippen molar-refractivity contribution < 1.29 is 9.59 Å². The Kier molecular flexibility index (Phi) is 5.48. The average molecular weight is 329 g/mol. The molecule has 1 aliphatic heterocycles. The summed E-state index contributed by atoms with van der Waals surface area (Å²) < 4.78 is 0. The number of hydrogen-bond acceptors (Lipinski definition) is 2. The van der Waals surface area contributed by atoms with Crippen molar-refractivity contribution in [3.8, 4) is 0 Å². The van der Waals surface area contributed by atoms with E-state index in [1.807, 2.05) is 0 Å². The number of carbonyl (C=O) groups excluding carboxylic acids is 2. The van der Waals surface area contributed by atoms with Crippen molar-refractivity contribution in [2.24, 2.45) is 5.92 Å². The first-order valence-corrected chi connectivity index (χ1v) is 7.80. The van der Waals surface area contributed by atoms with Crippen molar-refractivity contribution in [3.63, 3.8) is 0 Å². The summed E-state index contributed by atoms with van der Waals surface area (Å²) in [5.41, 5.74) is 0.519. The molecule has 1 N–H and O–H groups in total. The lowest BCUT2D eigenvalue weighted by Gasteiger charge is -2.16. The summed E-state index contributed by atoms with van der Waals surface area (Å²) in [6.07, 6.45) is 2.25. The Morgan fingerprint density at radius 3 is 2.86 bits per heavy atom. The van der Waals surface area contributed by atoms with Gasteiger partial charge in [-0.05, 0) is 24.6 Å². The lowest BCUT2D eigenvalue weighted by atomic mass is 10.1. The Bertz CT molecular complexity index is 548. The highest BCUT2D eigenvalue weighted by Crippen LogP contribution is 2.27. The van der Waals surface area contributed by atoms with Crippen LogP contribution in [0.15, 0.2) is 18.2 Å². The third-order valence-electron chi connectivity index (χ3n) is 3.56. The van der Waals surface area contributed by atoms with Gasteiger partial charge >= 0.3 is 0 Å². The Balaban J connectivity index is 1.96. The van der Waals surface area contributed by atoms with Crippen molar-refractivity contribution in [1.29, 1.82) is 0 Å². The molecular formula is C15H18Cl2N2O2. The standard InChI is InChI=1S/C15H18Cl2N2O2/c1-2-3-6-19-9-10(7-14(19)20)15(21)18-13-5-4-11(16)8-12(13)17/h4-5,8,10H,2-3,6-7,9H2,1H3,(H,18,21)/t10-/m1/s1. The van der Waals surface area contributed by atoms with Crippen LogP contribution < -0.4 is 5.32 Å². The Morgan fingerprint density at radius 2 is 2.19 bits per heavy atom. The fourth-order valence-corrected chi connectivity index (χ4v) is 2.79. The topological polar surface area (TPSA) is 49.4 Å². The number of likely N-dealkylation sites (tertiary alicyclic amines) is 1. The van der Waals surface area contributed by atoms with Gasteiger partial charge in [-0.3, -0.25) is 9.59 Å².